The van der Waals surface area contributed by atoms with E-state index in [-0.39, 0.29) is 17.5 Å². The Balaban J connectivity index is 2.06. The first-order chi connectivity index (χ1) is 12.1. The molecule has 0 saturated heterocycles. The second-order valence-electron chi connectivity index (χ2n) is 6.15. The first kappa shape index (κ1) is 15.3. The van der Waals surface area contributed by atoms with Gasteiger partial charge in [-0.15, -0.1) is 5.10 Å². The van der Waals surface area contributed by atoms with Gasteiger partial charge in [-0.3, -0.25) is 9.59 Å². The molecule has 0 radical (unpaired) electrons. The minimum absolute atomic E-state index is 0.164. The fourth-order valence-corrected chi connectivity index (χ4v) is 3.04. The lowest BCUT2D eigenvalue weighted by Crippen LogP contribution is -2.22. The highest BCUT2D eigenvalue weighted by atomic mass is 16.5. The third-order valence-corrected chi connectivity index (χ3v) is 4.06. The summed E-state index contributed by atoms with van der Waals surface area (Å²) in [6.07, 6.45) is -0.164. The van der Waals surface area contributed by atoms with E-state index in [4.69, 9.17) is 4.74 Å². The van der Waals surface area contributed by atoms with Crippen molar-refractivity contribution in [2.75, 3.05) is 0 Å². The molecule has 0 amide bonds. The summed E-state index contributed by atoms with van der Waals surface area (Å²) in [6.45, 7) is 3.72. The summed E-state index contributed by atoms with van der Waals surface area (Å²) in [6, 6.07) is 16.6. The van der Waals surface area contributed by atoms with Crippen LogP contribution in [0.4, 0.5) is 0 Å². The van der Waals surface area contributed by atoms with E-state index in [0.717, 1.165) is 5.69 Å². The molecule has 5 heteroatoms. The Bertz CT molecular complexity index is 987. The first-order valence-electron chi connectivity index (χ1n) is 8.11. The van der Waals surface area contributed by atoms with Crippen molar-refractivity contribution < 1.29 is 14.3 Å². The van der Waals surface area contributed by atoms with Gasteiger partial charge in [-0.2, -0.15) is 0 Å². The number of nitrogens with zero attached hydrogens (tertiary/aromatic N) is 2. The van der Waals surface area contributed by atoms with E-state index in [1.165, 1.54) is 0 Å². The number of benzene rings is 2. The Kier molecular flexibility index (Phi) is 3.50. The molecule has 1 heterocycles. The quantitative estimate of drug-likeness (QED) is 0.686. The van der Waals surface area contributed by atoms with Crippen LogP contribution in [0.3, 0.4) is 0 Å². The molecule has 0 N–H and O–H groups in total. The number of Topliss-reactive ketones (excluding diaryl/α,β-unsaturated/α-hetero) is 2. The van der Waals surface area contributed by atoms with Gasteiger partial charge >= 0.3 is 0 Å². The minimum atomic E-state index is -0.577. The van der Waals surface area contributed by atoms with Crippen LogP contribution in [0, 0.1) is 0 Å². The summed E-state index contributed by atoms with van der Waals surface area (Å²) in [4.78, 5) is 25.3. The van der Waals surface area contributed by atoms with Crippen molar-refractivity contribution in [1.29, 1.82) is 0 Å². The number of fused-ring (bicyclic) bond motifs is 3. The van der Waals surface area contributed by atoms with Gasteiger partial charge in [-0.1, -0.05) is 42.5 Å². The molecule has 0 aliphatic heterocycles. The number of rotatable bonds is 3. The van der Waals surface area contributed by atoms with Gasteiger partial charge in [0.05, 0.1) is 17.5 Å². The lowest BCUT2D eigenvalue weighted by atomic mass is 9.88. The smallest absolute Gasteiger partial charge is 0.245 e. The maximum absolute atomic E-state index is 12.7. The predicted octanol–water partition coefficient (Wildman–Crippen LogP) is 3.71. The van der Waals surface area contributed by atoms with Crippen LogP contribution in [0.25, 0.3) is 16.9 Å². The number of ketones is 2. The maximum atomic E-state index is 12.7. The van der Waals surface area contributed by atoms with Crippen LogP contribution in [0.5, 0.6) is 5.88 Å². The summed E-state index contributed by atoms with van der Waals surface area (Å²) in [5, 5.41) is 4.51. The number of carbonyl (C=O) groups is 2. The Labute approximate surface area is 144 Å². The summed E-state index contributed by atoms with van der Waals surface area (Å²) >= 11 is 0. The fourth-order valence-electron chi connectivity index (χ4n) is 3.04. The van der Waals surface area contributed by atoms with Crippen molar-refractivity contribution in [3.63, 3.8) is 0 Å². The summed E-state index contributed by atoms with van der Waals surface area (Å²) in [5.41, 5.74) is 2.72. The average molecular weight is 332 g/mol. The van der Waals surface area contributed by atoms with E-state index in [1.54, 1.807) is 16.8 Å². The monoisotopic (exact) mass is 332 g/mol. The second-order valence-corrected chi connectivity index (χ2v) is 6.15. The molecular weight excluding hydrogens is 316 g/mol. The number of hydrogen-bond donors (Lipinski definition) is 0. The predicted molar refractivity (Wildman–Crippen MR) is 93.4 cm³/mol. The van der Waals surface area contributed by atoms with E-state index in [2.05, 4.69) is 5.10 Å². The van der Waals surface area contributed by atoms with E-state index >= 15 is 0 Å². The van der Waals surface area contributed by atoms with Gasteiger partial charge in [0.1, 0.15) is 5.56 Å². The first-order valence-corrected chi connectivity index (χ1v) is 8.11. The van der Waals surface area contributed by atoms with Crippen LogP contribution in [0.1, 0.15) is 34.6 Å². The van der Waals surface area contributed by atoms with Crippen LogP contribution >= 0.6 is 0 Å². The molecule has 25 heavy (non-hydrogen) atoms. The number of hydrogen-bond acceptors (Lipinski definition) is 4. The van der Waals surface area contributed by atoms with Crippen molar-refractivity contribution >= 4 is 11.6 Å². The van der Waals surface area contributed by atoms with Crippen LogP contribution < -0.4 is 4.74 Å². The highest BCUT2D eigenvalue weighted by Crippen LogP contribution is 2.39. The Morgan fingerprint density at radius 2 is 1.52 bits per heavy atom. The molecule has 0 spiro atoms. The van der Waals surface area contributed by atoms with E-state index in [9.17, 15) is 9.59 Å². The van der Waals surface area contributed by atoms with Gasteiger partial charge in [0.2, 0.25) is 17.4 Å². The topological polar surface area (TPSA) is 61.2 Å². The van der Waals surface area contributed by atoms with E-state index in [1.807, 2.05) is 56.3 Å². The van der Waals surface area contributed by atoms with Crippen LogP contribution in [0.2, 0.25) is 0 Å². The number of carbonyl (C=O) groups excluding carboxylic acids is 2. The molecule has 124 valence electrons. The standard InChI is InChI=1S/C20H16N2O3/c1-12(2)25-20-16-17(22(21-20)13-8-4-3-5-9-13)14-10-6-7-11-15(14)18(23)19(16)24/h3-12H,1-2H3. The molecule has 0 fully saturated rings. The fraction of sp³-hybridized carbons (Fsp3) is 0.150. The molecule has 1 aliphatic rings. The van der Waals surface area contributed by atoms with Crippen LogP contribution in [-0.2, 0) is 0 Å². The zero-order valence-electron chi connectivity index (χ0n) is 13.9. The largest absolute Gasteiger partial charge is 0.473 e. The van der Waals surface area contributed by atoms with Gasteiger partial charge in [0.15, 0.2) is 0 Å². The molecular formula is C20H16N2O3. The minimum Gasteiger partial charge on any atom is -0.473 e. The van der Waals surface area contributed by atoms with Gasteiger partial charge < -0.3 is 4.74 Å². The number of ether oxygens (including phenoxy) is 1. The Hall–Kier alpha value is -3.21. The zero-order chi connectivity index (χ0) is 17.6. The lowest BCUT2D eigenvalue weighted by Gasteiger charge is -2.16. The molecule has 2 aromatic carbocycles. The van der Waals surface area contributed by atoms with Gasteiger partial charge in [-0.25, -0.2) is 4.68 Å². The molecule has 5 nitrogen and oxygen atoms in total. The van der Waals surface area contributed by atoms with E-state index in [0.29, 0.717) is 16.8 Å². The SMILES string of the molecule is CC(C)Oc1nn(-c2ccccc2)c2c1C(=O)C(=O)c1ccccc1-2. The third kappa shape index (κ3) is 2.36. The molecule has 1 aliphatic carbocycles. The Morgan fingerprint density at radius 1 is 0.880 bits per heavy atom. The molecule has 3 aromatic rings. The van der Waals surface area contributed by atoms with Gasteiger partial charge in [0.25, 0.3) is 0 Å². The molecule has 0 unspecified atom stereocenters. The maximum Gasteiger partial charge on any atom is 0.245 e. The lowest BCUT2D eigenvalue weighted by molar-refractivity contribution is 0.0811. The van der Waals surface area contributed by atoms with Crippen molar-refractivity contribution in [1.82, 2.24) is 9.78 Å². The molecule has 0 saturated carbocycles. The normalized spacial score (nSPS) is 12.9. The van der Waals surface area contributed by atoms with Crippen molar-refractivity contribution in [3.05, 3.63) is 65.7 Å². The number of para-hydroxylation sites is 1. The van der Waals surface area contributed by atoms with Crippen molar-refractivity contribution in [3.8, 4) is 22.8 Å². The molecule has 0 atom stereocenters. The van der Waals surface area contributed by atoms with Gasteiger partial charge in [-0.05, 0) is 26.0 Å². The number of aromatic nitrogens is 2. The van der Waals surface area contributed by atoms with Crippen LogP contribution in [-0.4, -0.2) is 27.5 Å². The molecule has 4 rings (SSSR count). The van der Waals surface area contributed by atoms with E-state index < -0.39 is 11.6 Å². The highest BCUT2D eigenvalue weighted by Gasteiger charge is 2.38. The second kappa shape index (κ2) is 5.70. The Morgan fingerprint density at radius 3 is 2.20 bits per heavy atom. The highest BCUT2D eigenvalue weighted by molar-refractivity contribution is 6.53. The summed E-state index contributed by atoms with van der Waals surface area (Å²) in [7, 11) is 0. The third-order valence-electron chi connectivity index (χ3n) is 4.06. The molecule has 0 bridgehead atoms. The average Bonchev–Trinajstić information content (AvgIpc) is 2.99. The van der Waals surface area contributed by atoms with Crippen molar-refractivity contribution in [2.24, 2.45) is 0 Å². The summed E-state index contributed by atoms with van der Waals surface area (Å²) < 4.78 is 7.42. The molecule has 1 aromatic heterocycles. The van der Waals surface area contributed by atoms with Gasteiger partial charge in [0, 0.05) is 11.1 Å². The zero-order valence-corrected chi connectivity index (χ0v) is 13.9. The van der Waals surface area contributed by atoms with Crippen molar-refractivity contribution in [2.45, 2.75) is 20.0 Å². The summed E-state index contributed by atoms with van der Waals surface area (Å²) in [5.74, 6) is -0.905. The van der Waals surface area contributed by atoms with Crippen LogP contribution in [0.15, 0.2) is 54.6 Å².